The van der Waals surface area contributed by atoms with E-state index < -0.39 is 5.60 Å². The van der Waals surface area contributed by atoms with Crippen LogP contribution in [0.15, 0.2) is 29.0 Å². The number of aromatic nitrogens is 1. The Morgan fingerprint density at radius 3 is 2.88 bits per heavy atom. The van der Waals surface area contributed by atoms with Gasteiger partial charge >= 0.3 is 0 Å². The van der Waals surface area contributed by atoms with Gasteiger partial charge in [-0.25, -0.2) is 4.98 Å². The van der Waals surface area contributed by atoms with Crippen molar-refractivity contribution in [2.45, 2.75) is 19.4 Å². The Hall–Kier alpha value is -1.55. The molecule has 2 heterocycles. The minimum atomic E-state index is -0.748. The molecule has 0 aromatic carbocycles. The standard InChI is InChI=1S/C12H16N2O2/c1-12(2,15)8-14(3)11-9-5-7-16-10(9)4-6-13-11/h4-7,15H,8H2,1-3H3. The first-order valence-corrected chi connectivity index (χ1v) is 5.23. The van der Waals surface area contributed by atoms with Crippen molar-refractivity contribution in [3.63, 3.8) is 0 Å². The lowest BCUT2D eigenvalue weighted by Gasteiger charge is -2.26. The van der Waals surface area contributed by atoms with Crippen LogP contribution in [0, 0.1) is 0 Å². The zero-order valence-corrected chi connectivity index (χ0v) is 9.77. The van der Waals surface area contributed by atoms with Gasteiger partial charge in [0.2, 0.25) is 0 Å². The highest BCUT2D eigenvalue weighted by Gasteiger charge is 2.18. The molecule has 0 saturated carbocycles. The van der Waals surface area contributed by atoms with Crippen LogP contribution >= 0.6 is 0 Å². The van der Waals surface area contributed by atoms with E-state index >= 15 is 0 Å². The topological polar surface area (TPSA) is 49.5 Å². The largest absolute Gasteiger partial charge is 0.464 e. The average molecular weight is 220 g/mol. The van der Waals surface area contributed by atoms with E-state index in [1.54, 1.807) is 26.3 Å². The van der Waals surface area contributed by atoms with Crippen LogP contribution < -0.4 is 4.90 Å². The van der Waals surface area contributed by atoms with Crippen LogP contribution in [-0.2, 0) is 0 Å². The average Bonchev–Trinajstić information content (AvgIpc) is 2.61. The molecule has 0 bridgehead atoms. The molecule has 0 aliphatic heterocycles. The van der Waals surface area contributed by atoms with Gasteiger partial charge in [0.1, 0.15) is 11.4 Å². The fourth-order valence-corrected chi connectivity index (χ4v) is 1.84. The van der Waals surface area contributed by atoms with E-state index in [1.807, 2.05) is 24.1 Å². The van der Waals surface area contributed by atoms with Crippen LogP contribution in [0.4, 0.5) is 5.82 Å². The first-order chi connectivity index (χ1) is 7.47. The number of anilines is 1. The van der Waals surface area contributed by atoms with Crippen LogP contribution in [0.3, 0.4) is 0 Å². The van der Waals surface area contributed by atoms with Crippen molar-refractivity contribution >= 4 is 16.8 Å². The fourth-order valence-electron chi connectivity index (χ4n) is 1.84. The summed E-state index contributed by atoms with van der Waals surface area (Å²) in [5.74, 6) is 0.827. The molecule has 4 heteroatoms. The van der Waals surface area contributed by atoms with Gasteiger partial charge in [0, 0.05) is 19.8 Å². The first-order valence-electron chi connectivity index (χ1n) is 5.23. The molecule has 0 unspecified atom stereocenters. The van der Waals surface area contributed by atoms with E-state index in [0.717, 1.165) is 16.8 Å². The summed E-state index contributed by atoms with van der Waals surface area (Å²) in [6, 6.07) is 3.72. The fraction of sp³-hybridized carbons (Fsp3) is 0.417. The van der Waals surface area contributed by atoms with Gasteiger partial charge in [-0.15, -0.1) is 0 Å². The monoisotopic (exact) mass is 220 g/mol. The molecule has 2 rings (SSSR count). The molecule has 0 atom stereocenters. The van der Waals surface area contributed by atoms with Crippen molar-refractivity contribution in [2.75, 3.05) is 18.5 Å². The normalized spacial score (nSPS) is 12.0. The first kappa shape index (κ1) is 11.0. The molecule has 16 heavy (non-hydrogen) atoms. The third kappa shape index (κ3) is 2.17. The van der Waals surface area contributed by atoms with Gasteiger partial charge in [0.25, 0.3) is 0 Å². The molecule has 0 aliphatic carbocycles. The van der Waals surface area contributed by atoms with Crippen molar-refractivity contribution in [2.24, 2.45) is 0 Å². The number of furan rings is 1. The maximum atomic E-state index is 9.78. The number of nitrogens with zero attached hydrogens (tertiary/aromatic N) is 2. The van der Waals surface area contributed by atoms with Crippen molar-refractivity contribution in [1.29, 1.82) is 0 Å². The number of aliphatic hydroxyl groups is 1. The smallest absolute Gasteiger partial charge is 0.139 e. The summed E-state index contributed by atoms with van der Waals surface area (Å²) in [5, 5.41) is 10.7. The zero-order chi connectivity index (χ0) is 11.8. The second kappa shape index (κ2) is 3.79. The molecule has 4 nitrogen and oxygen atoms in total. The van der Waals surface area contributed by atoms with Gasteiger partial charge in [-0.3, -0.25) is 0 Å². The highest BCUT2D eigenvalue weighted by Crippen LogP contribution is 2.25. The highest BCUT2D eigenvalue weighted by atomic mass is 16.3. The Labute approximate surface area is 94.5 Å². The van der Waals surface area contributed by atoms with E-state index in [1.165, 1.54) is 0 Å². The number of pyridine rings is 1. The predicted octanol–water partition coefficient (Wildman–Crippen LogP) is 2.03. The van der Waals surface area contributed by atoms with Crippen LogP contribution in [-0.4, -0.2) is 29.3 Å². The third-order valence-electron chi connectivity index (χ3n) is 2.34. The van der Waals surface area contributed by atoms with Crippen molar-refractivity contribution in [3.8, 4) is 0 Å². The van der Waals surface area contributed by atoms with Crippen molar-refractivity contribution in [1.82, 2.24) is 4.98 Å². The van der Waals surface area contributed by atoms with E-state index in [-0.39, 0.29) is 0 Å². The Morgan fingerprint density at radius 2 is 2.19 bits per heavy atom. The second-order valence-electron chi connectivity index (χ2n) is 4.64. The van der Waals surface area contributed by atoms with E-state index in [4.69, 9.17) is 4.42 Å². The molecule has 1 N–H and O–H groups in total. The molecule has 2 aromatic heterocycles. The minimum absolute atomic E-state index is 0.518. The zero-order valence-electron chi connectivity index (χ0n) is 9.77. The summed E-state index contributed by atoms with van der Waals surface area (Å²) in [6.45, 7) is 4.07. The van der Waals surface area contributed by atoms with Crippen LogP contribution in [0.5, 0.6) is 0 Å². The molecule has 0 spiro atoms. The molecule has 0 saturated heterocycles. The van der Waals surface area contributed by atoms with Crippen molar-refractivity contribution < 1.29 is 9.52 Å². The maximum absolute atomic E-state index is 9.78. The Bertz CT molecular complexity index is 485. The lowest BCUT2D eigenvalue weighted by molar-refractivity contribution is 0.0885. The molecule has 86 valence electrons. The van der Waals surface area contributed by atoms with Gasteiger partial charge in [0.05, 0.1) is 17.3 Å². The molecule has 0 fully saturated rings. The lowest BCUT2D eigenvalue weighted by atomic mass is 10.1. The Balaban J connectivity index is 2.36. The summed E-state index contributed by atoms with van der Waals surface area (Å²) >= 11 is 0. The van der Waals surface area contributed by atoms with Gasteiger partial charge < -0.3 is 14.4 Å². The molecule has 0 radical (unpaired) electrons. The SMILES string of the molecule is CN(CC(C)(C)O)c1nccc2occc12. The van der Waals surface area contributed by atoms with Crippen molar-refractivity contribution in [3.05, 3.63) is 24.6 Å². The van der Waals surface area contributed by atoms with Gasteiger partial charge in [-0.05, 0) is 26.0 Å². The number of hydrogen-bond donors (Lipinski definition) is 1. The lowest BCUT2D eigenvalue weighted by Crippen LogP contribution is -2.36. The number of likely N-dealkylation sites (N-methyl/N-ethyl adjacent to an activating group) is 1. The summed E-state index contributed by atoms with van der Waals surface area (Å²) in [5.41, 5.74) is 0.0649. The number of fused-ring (bicyclic) bond motifs is 1. The summed E-state index contributed by atoms with van der Waals surface area (Å²) in [6.07, 6.45) is 3.36. The Kier molecular flexibility index (Phi) is 2.59. The summed E-state index contributed by atoms with van der Waals surface area (Å²) < 4.78 is 5.31. The Morgan fingerprint density at radius 1 is 1.44 bits per heavy atom. The van der Waals surface area contributed by atoms with E-state index in [2.05, 4.69) is 4.98 Å². The van der Waals surface area contributed by atoms with Crippen LogP contribution in [0.25, 0.3) is 11.0 Å². The molecule has 2 aromatic rings. The molecular weight excluding hydrogens is 204 g/mol. The van der Waals surface area contributed by atoms with E-state index in [0.29, 0.717) is 6.54 Å². The quantitative estimate of drug-likeness (QED) is 0.860. The van der Waals surface area contributed by atoms with Gasteiger partial charge in [0.15, 0.2) is 0 Å². The summed E-state index contributed by atoms with van der Waals surface area (Å²) in [7, 11) is 1.91. The second-order valence-corrected chi connectivity index (χ2v) is 4.64. The maximum Gasteiger partial charge on any atom is 0.139 e. The highest BCUT2D eigenvalue weighted by molar-refractivity contribution is 5.88. The molecular formula is C12H16N2O2. The van der Waals surface area contributed by atoms with Crippen LogP contribution in [0.1, 0.15) is 13.8 Å². The summed E-state index contributed by atoms with van der Waals surface area (Å²) in [4.78, 5) is 6.25. The molecule has 0 aliphatic rings. The third-order valence-corrected chi connectivity index (χ3v) is 2.34. The number of rotatable bonds is 3. The van der Waals surface area contributed by atoms with Gasteiger partial charge in [-0.1, -0.05) is 0 Å². The van der Waals surface area contributed by atoms with E-state index in [9.17, 15) is 5.11 Å². The predicted molar refractivity (Wildman–Crippen MR) is 63.6 cm³/mol. The number of hydrogen-bond acceptors (Lipinski definition) is 4. The molecule has 0 amide bonds. The van der Waals surface area contributed by atoms with Gasteiger partial charge in [-0.2, -0.15) is 0 Å². The van der Waals surface area contributed by atoms with Crippen LogP contribution in [0.2, 0.25) is 0 Å². The minimum Gasteiger partial charge on any atom is -0.464 e.